The predicted octanol–water partition coefficient (Wildman–Crippen LogP) is 2.39. The number of hydrogen-bond donors (Lipinski definition) is 2. The molecular formula is C9H11Cl2F2NO. The number of aliphatic hydroxyl groups is 1. The van der Waals surface area contributed by atoms with Crippen molar-refractivity contribution in [1.82, 2.24) is 0 Å². The molecule has 1 rings (SSSR count). The minimum absolute atomic E-state index is 0. The van der Waals surface area contributed by atoms with Gasteiger partial charge in [0.2, 0.25) is 0 Å². The van der Waals surface area contributed by atoms with Gasteiger partial charge in [-0.3, -0.25) is 0 Å². The Labute approximate surface area is 97.4 Å². The normalized spacial score (nSPS) is 13.1. The molecule has 0 aliphatic heterocycles. The van der Waals surface area contributed by atoms with Crippen molar-refractivity contribution >= 4 is 24.0 Å². The van der Waals surface area contributed by atoms with E-state index in [0.29, 0.717) is 5.02 Å². The lowest BCUT2D eigenvalue weighted by atomic mass is 10.0. The van der Waals surface area contributed by atoms with Gasteiger partial charge in [-0.2, -0.15) is 0 Å². The molecule has 1 atom stereocenters. The van der Waals surface area contributed by atoms with E-state index in [1.165, 1.54) is 24.3 Å². The summed E-state index contributed by atoms with van der Waals surface area (Å²) >= 11 is 5.59. The third-order valence-corrected chi connectivity index (χ3v) is 2.15. The van der Waals surface area contributed by atoms with E-state index < -0.39 is 18.6 Å². The molecule has 0 saturated carbocycles. The maximum atomic E-state index is 12.9. The van der Waals surface area contributed by atoms with Crippen LogP contribution < -0.4 is 5.73 Å². The van der Waals surface area contributed by atoms with Gasteiger partial charge in [0, 0.05) is 5.02 Å². The van der Waals surface area contributed by atoms with Crippen molar-refractivity contribution in [2.75, 3.05) is 6.61 Å². The smallest absolute Gasteiger partial charge is 0.289 e. The Balaban J connectivity index is 0.00000196. The molecule has 0 unspecified atom stereocenters. The van der Waals surface area contributed by atoms with E-state index in [0.717, 1.165) is 0 Å². The van der Waals surface area contributed by atoms with E-state index in [9.17, 15) is 8.78 Å². The summed E-state index contributed by atoms with van der Waals surface area (Å²) in [7, 11) is 0. The van der Waals surface area contributed by atoms with Crippen molar-refractivity contribution in [2.24, 2.45) is 5.73 Å². The topological polar surface area (TPSA) is 46.2 Å². The first kappa shape index (κ1) is 14.6. The van der Waals surface area contributed by atoms with Crippen molar-refractivity contribution in [3.05, 3.63) is 34.9 Å². The minimum atomic E-state index is -3.31. The van der Waals surface area contributed by atoms with E-state index in [2.05, 4.69) is 0 Å². The molecule has 3 N–H and O–H groups in total. The lowest BCUT2D eigenvalue weighted by molar-refractivity contribution is -0.0711. The summed E-state index contributed by atoms with van der Waals surface area (Å²) in [5, 5.41) is 8.88. The monoisotopic (exact) mass is 257 g/mol. The molecule has 86 valence electrons. The lowest BCUT2D eigenvalue weighted by Gasteiger charge is -2.21. The Hall–Kier alpha value is -0.420. The van der Waals surface area contributed by atoms with Crippen LogP contribution in [0, 0.1) is 0 Å². The number of halogens is 4. The third kappa shape index (κ3) is 3.57. The Bertz CT molecular complexity index is 305. The second-order valence-corrected chi connectivity index (χ2v) is 3.38. The van der Waals surface area contributed by atoms with Crippen molar-refractivity contribution in [3.8, 4) is 0 Å². The second kappa shape index (κ2) is 5.61. The molecule has 0 radical (unpaired) electrons. The third-order valence-electron chi connectivity index (χ3n) is 1.89. The van der Waals surface area contributed by atoms with E-state index in [1.54, 1.807) is 0 Å². The fraction of sp³-hybridized carbons (Fsp3) is 0.333. The van der Waals surface area contributed by atoms with Crippen LogP contribution in [0.5, 0.6) is 0 Å². The molecule has 2 nitrogen and oxygen atoms in total. The Morgan fingerprint density at radius 1 is 1.33 bits per heavy atom. The van der Waals surface area contributed by atoms with Gasteiger partial charge < -0.3 is 10.8 Å². The first-order valence-corrected chi connectivity index (χ1v) is 4.35. The van der Waals surface area contributed by atoms with Gasteiger partial charge in [-0.15, -0.1) is 12.4 Å². The summed E-state index contributed by atoms with van der Waals surface area (Å²) in [5.41, 5.74) is 5.52. The van der Waals surface area contributed by atoms with Crippen LogP contribution in [0.25, 0.3) is 0 Å². The summed E-state index contributed by atoms with van der Waals surface area (Å²) in [6.07, 6.45) is 0. The fourth-order valence-corrected chi connectivity index (χ4v) is 1.14. The molecule has 0 bridgehead atoms. The largest absolute Gasteiger partial charge is 0.390 e. The zero-order chi connectivity index (χ0) is 10.8. The van der Waals surface area contributed by atoms with Gasteiger partial charge in [0.15, 0.2) is 0 Å². The number of alkyl halides is 2. The van der Waals surface area contributed by atoms with Crippen LogP contribution in [0.1, 0.15) is 11.6 Å². The van der Waals surface area contributed by atoms with Crippen LogP contribution in [0.2, 0.25) is 5.02 Å². The molecule has 0 amide bonds. The molecule has 1 aromatic carbocycles. The highest BCUT2D eigenvalue weighted by Crippen LogP contribution is 2.29. The number of nitrogens with two attached hydrogens (primary N) is 1. The first-order valence-electron chi connectivity index (χ1n) is 3.97. The fourth-order valence-electron chi connectivity index (χ4n) is 1.01. The van der Waals surface area contributed by atoms with Crippen LogP contribution in [0.3, 0.4) is 0 Å². The zero-order valence-corrected chi connectivity index (χ0v) is 9.23. The molecule has 0 fully saturated rings. The summed E-state index contributed by atoms with van der Waals surface area (Å²) in [6.45, 7) is -1.27. The minimum Gasteiger partial charge on any atom is -0.390 e. The highest BCUT2D eigenvalue weighted by Gasteiger charge is 2.37. The lowest BCUT2D eigenvalue weighted by Crippen LogP contribution is -2.36. The maximum Gasteiger partial charge on any atom is 0.289 e. The van der Waals surface area contributed by atoms with Crippen LogP contribution in [-0.2, 0) is 0 Å². The molecule has 0 saturated heterocycles. The van der Waals surface area contributed by atoms with Gasteiger partial charge in [0.1, 0.15) is 6.61 Å². The number of hydrogen-bond acceptors (Lipinski definition) is 2. The first-order chi connectivity index (χ1) is 6.47. The molecule has 0 aliphatic carbocycles. The zero-order valence-electron chi connectivity index (χ0n) is 7.66. The quantitative estimate of drug-likeness (QED) is 0.874. The van der Waals surface area contributed by atoms with Gasteiger partial charge in [0.25, 0.3) is 5.92 Å². The van der Waals surface area contributed by atoms with Gasteiger partial charge in [-0.05, 0) is 17.7 Å². The molecule has 0 heterocycles. The number of aliphatic hydroxyl groups excluding tert-OH is 1. The van der Waals surface area contributed by atoms with E-state index >= 15 is 0 Å². The Morgan fingerprint density at radius 3 is 2.20 bits per heavy atom. The predicted molar refractivity (Wildman–Crippen MR) is 57.7 cm³/mol. The average molecular weight is 258 g/mol. The number of rotatable bonds is 3. The summed E-state index contributed by atoms with van der Waals surface area (Å²) in [4.78, 5) is 0. The average Bonchev–Trinajstić information content (AvgIpc) is 2.18. The van der Waals surface area contributed by atoms with Crippen LogP contribution >= 0.6 is 24.0 Å². The van der Waals surface area contributed by atoms with Crippen molar-refractivity contribution in [2.45, 2.75) is 12.0 Å². The van der Waals surface area contributed by atoms with Crippen LogP contribution in [-0.4, -0.2) is 17.6 Å². The number of benzene rings is 1. The standard InChI is InChI=1S/C9H10ClF2NO.ClH/c10-7-3-1-6(2-4-7)8(13)9(11,12)5-14;/h1-4,8,14H,5,13H2;1H/t8-;/m1./s1. The summed E-state index contributed by atoms with van der Waals surface area (Å²) < 4.78 is 25.8. The molecule has 15 heavy (non-hydrogen) atoms. The highest BCUT2D eigenvalue weighted by molar-refractivity contribution is 6.30. The van der Waals surface area contributed by atoms with Gasteiger partial charge in [0.05, 0.1) is 6.04 Å². The van der Waals surface area contributed by atoms with E-state index in [-0.39, 0.29) is 18.0 Å². The molecule has 0 spiro atoms. The SMILES string of the molecule is Cl.N[C@H](c1ccc(Cl)cc1)C(F)(F)CO. The molecular weight excluding hydrogens is 247 g/mol. The van der Waals surface area contributed by atoms with Gasteiger partial charge >= 0.3 is 0 Å². The highest BCUT2D eigenvalue weighted by atomic mass is 35.5. The van der Waals surface area contributed by atoms with Crippen molar-refractivity contribution in [3.63, 3.8) is 0 Å². The molecule has 0 aromatic heterocycles. The van der Waals surface area contributed by atoms with Gasteiger partial charge in [-0.1, -0.05) is 23.7 Å². The van der Waals surface area contributed by atoms with E-state index in [4.69, 9.17) is 22.4 Å². The Kier molecular flexibility index (Phi) is 5.45. The molecule has 1 aromatic rings. The maximum absolute atomic E-state index is 12.9. The second-order valence-electron chi connectivity index (χ2n) is 2.95. The Morgan fingerprint density at radius 2 is 1.80 bits per heavy atom. The van der Waals surface area contributed by atoms with Crippen molar-refractivity contribution in [1.29, 1.82) is 0 Å². The van der Waals surface area contributed by atoms with E-state index in [1.807, 2.05) is 0 Å². The molecule has 0 aliphatic rings. The van der Waals surface area contributed by atoms with Crippen molar-refractivity contribution < 1.29 is 13.9 Å². The molecule has 6 heteroatoms. The summed E-state index contributed by atoms with van der Waals surface area (Å²) in [6, 6.07) is 4.27. The van der Waals surface area contributed by atoms with Crippen LogP contribution in [0.15, 0.2) is 24.3 Å². The van der Waals surface area contributed by atoms with Crippen LogP contribution in [0.4, 0.5) is 8.78 Å². The summed E-state index contributed by atoms with van der Waals surface area (Å²) in [5.74, 6) is -3.31. The van der Waals surface area contributed by atoms with Gasteiger partial charge in [-0.25, -0.2) is 8.78 Å².